The fourth-order valence-electron chi connectivity index (χ4n) is 1.83. The zero-order chi connectivity index (χ0) is 14.0. The molecule has 20 heavy (non-hydrogen) atoms. The summed E-state index contributed by atoms with van der Waals surface area (Å²) in [7, 11) is -3.60. The zero-order valence-corrected chi connectivity index (χ0v) is 11.3. The molecule has 0 radical (unpaired) electrons. The highest BCUT2D eigenvalue weighted by Gasteiger charge is 2.19. The first-order chi connectivity index (χ1) is 9.65. The number of rotatable bonds is 4. The molecule has 2 aromatic rings. The summed E-state index contributed by atoms with van der Waals surface area (Å²) in [5, 5.41) is 6.38. The number of sulfonamides is 1. The number of nitrogens with zero attached hydrogens (tertiary/aromatic N) is 1. The van der Waals surface area contributed by atoms with E-state index in [9.17, 15) is 8.42 Å². The molecular formula is C12H13N3O4S. The van der Waals surface area contributed by atoms with Crippen LogP contribution in [0.4, 0.5) is 0 Å². The Labute approximate surface area is 116 Å². The standard InChI is InChI=1S/C12H13N3O4S/c16-20(17,15-8-9-6-13-14-7-9)10-1-2-11-12(5-10)19-4-3-18-11/h1-2,5-7,15H,3-4,8H2,(H,13,14). The topological polar surface area (TPSA) is 93.3 Å². The molecule has 7 nitrogen and oxygen atoms in total. The summed E-state index contributed by atoms with van der Waals surface area (Å²) in [5.74, 6) is 1.01. The van der Waals surface area contributed by atoms with Gasteiger partial charge in [-0.3, -0.25) is 5.10 Å². The van der Waals surface area contributed by atoms with Gasteiger partial charge in [0.1, 0.15) is 13.2 Å². The number of hydrogen-bond donors (Lipinski definition) is 2. The second-order valence-corrected chi connectivity index (χ2v) is 6.00. The van der Waals surface area contributed by atoms with E-state index in [1.807, 2.05) is 0 Å². The number of H-pyrrole nitrogens is 1. The van der Waals surface area contributed by atoms with E-state index < -0.39 is 10.0 Å². The van der Waals surface area contributed by atoms with Crippen molar-refractivity contribution in [1.29, 1.82) is 0 Å². The summed E-state index contributed by atoms with van der Waals surface area (Å²) in [4.78, 5) is 0.144. The Hall–Kier alpha value is -2.06. The number of ether oxygens (including phenoxy) is 2. The predicted octanol–water partition coefficient (Wildman–Crippen LogP) is 0.659. The largest absolute Gasteiger partial charge is 0.486 e. The van der Waals surface area contributed by atoms with Crippen LogP contribution in [0.5, 0.6) is 11.5 Å². The SMILES string of the molecule is O=S(=O)(NCc1cn[nH]c1)c1ccc2c(c1)OCCO2. The van der Waals surface area contributed by atoms with Gasteiger partial charge in [-0.1, -0.05) is 0 Å². The minimum atomic E-state index is -3.60. The molecule has 0 aliphatic carbocycles. The average Bonchev–Trinajstić information content (AvgIpc) is 2.98. The molecule has 0 saturated heterocycles. The van der Waals surface area contributed by atoms with Crippen molar-refractivity contribution in [3.8, 4) is 11.5 Å². The molecule has 3 rings (SSSR count). The lowest BCUT2D eigenvalue weighted by Gasteiger charge is -2.18. The van der Waals surface area contributed by atoms with Crippen molar-refractivity contribution in [3.63, 3.8) is 0 Å². The molecule has 2 N–H and O–H groups in total. The van der Waals surface area contributed by atoms with Crippen molar-refractivity contribution in [2.24, 2.45) is 0 Å². The molecule has 0 unspecified atom stereocenters. The van der Waals surface area contributed by atoms with Gasteiger partial charge in [-0.05, 0) is 12.1 Å². The molecule has 0 spiro atoms. The van der Waals surface area contributed by atoms with Crippen LogP contribution in [0, 0.1) is 0 Å². The van der Waals surface area contributed by atoms with Gasteiger partial charge < -0.3 is 9.47 Å². The van der Waals surface area contributed by atoms with Crippen LogP contribution in [0.1, 0.15) is 5.56 Å². The van der Waals surface area contributed by atoms with Crippen LogP contribution in [-0.2, 0) is 16.6 Å². The lowest BCUT2D eigenvalue weighted by molar-refractivity contribution is 0.171. The Morgan fingerprint density at radius 1 is 1.25 bits per heavy atom. The van der Waals surface area contributed by atoms with E-state index in [1.54, 1.807) is 18.5 Å². The van der Waals surface area contributed by atoms with Gasteiger partial charge in [0.25, 0.3) is 0 Å². The fourth-order valence-corrected chi connectivity index (χ4v) is 2.86. The van der Waals surface area contributed by atoms with Crippen LogP contribution in [0.25, 0.3) is 0 Å². The van der Waals surface area contributed by atoms with E-state index in [2.05, 4.69) is 14.9 Å². The monoisotopic (exact) mass is 295 g/mol. The lowest BCUT2D eigenvalue weighted by Crippen LogP contribution is -2.23. The van der Waals surface area contributed by atoms with Gasteiger partial charge in [-0.15, -0.1) is 0 Å². The van der Waals surface area contributed by atoms with E-state index >= 15 is 0 Å². The highest BCUT2D eigenvalue weighted by atomic mass is 32.2. The lowest BCUT2D eigenvalue weighted by atomic mass is 10.3. The van der Waals surface area contributed by atoms with E-state index in [4.69, 9.17) is 9.47 Å². The minimum Gasteiger partial charge on any atom is -0.486 e. The van der Waals surface area contributed by atoms with E-state index in [-0.39, 0.29) is 11.4 Å². The number of aromatic nitrogens is 2. The minimum absolute atomic E-state index is 0.144. The first kappa shape index (κ1) is 12.9. The summed E-state index contributed by atoms with van der Waals surface area (Å²) in [6.07, 6.45) is 3.19. The third kappa shape index (κ3) is 2.61. The second-order valence-electron chi connectivity index (χ2n) is 4.24. The van der Waals surface area contributed by atoms with Crippen molar-refractivity contribution in [1.82, 2.24) is 14.9 Å². The van der Waals surface area contributed by atoms with Crippen LogP contribution in [-0.4, -0.2) is 31.8 Å². The van der Waals surface area contributed by atoms with Gasteiger partial charge in [-0.2, -0.15) is 5.10 Å². The third-order valence-corrected chi connectivity index (χ3v) is 4.24. The predicted molar refractivity (Wildman–Crippen MR) is 70.0 cm³/mol. The fraction of sp³-hybridized carbons (Fsp3) is 0.250. The molecule has 0 bridgehead atoms. The molecular weight excluding hydrogens is 282 g/mol. The molecule has 2 heterocycles. The molecule has 1 aromatic heterocycles. The Morgan fingerprint density at radius 2 is 2.05 bits per heavy atom. The highest BCUT2D eigenvalue weighted by molar-refractivity contribution is 7.89. The van der Waals surface area contributed by atoms with Crippen molar-refractivity contribution in [2.45, 2.75) is 11.4 Å². The summed E-state index contributed by atoms with van der Waals surface area (Å²) < 4.78 is 37.6. The smallest absolute Gasteiger partial charge is 0.241 e. The first-order valence-corrected chi connectivity index (χ1v) is 7.50. The van der Waals surface area contributed by atoms with E-state index in [0.29, 0.717) is 24.7 Å². The van der Waals surface area contributed by atoms with Crippen molar-refractivity contribution in [2.75, 3.05) is 13.2 Å². The van der Waals surface area contributed by atoms with Crippen molar-refractivity contribution in [3.05, 3.63) is 36.2 Å². The molecule has 0 amide bonds. The van der Waals surface area contributed by atoms with Crippen molar-refractivity contribution >= 4 is 10.0 Å². The quantitative estimate of drug-likeness (QED) is 0.864. The molecule has 106 valence electrons. The zero-order valence-electron chi connectivity index (χ0n) is 10.5. The van der Waals surface area contributed by atoms with Crippen LogP contribution < -0.4 is 14.2 Å². The molecule has 0 saturated carbocycles. The number of fused-ring (bicyclic) bond motifs is 1. The van der Waals surface area contributed by atoms with Crippen molar-refractivity contribution < 1.29 is 17.9 Å². The normalized spacial score (nSPS) is 14.2. The number of aromatic amines is 1. The highest BCUT2D eigenvalue weighted by Crippen LogP contribution is 2.32. The van der Waals surface area contributed by atoms with Gasteiger partial charge in [0.05, 0.1) is 11.1 Å². The average molecular weight is 295 g/mol. The number of benzene rings is 1. The molecule has 0 fully saturated rings. The second kappa shape index (κ2) is 5.14. The maximum absolute atomic E-state index is 12.2. The van der Waals surface area contributed by atoms with Gasteiger partial charge in [-0.25, -0.2) is 13.1 Å². The van der Waals surface area contributed by atoms with Crippen LogP contribution in [0.15, 0.2) is 35.5 Å². The van der Waals surface area contributed by atoms with Crippen LogP contribution >= 0.6 is 0 Å². The van der Waals surface area contributed by atoms with Gasteiger partial charge >= 0.3 is 0 Å². The van der Waals surface area contributed by atoms with E-state index in [1.165, 1.54) is 12.1 Å². The molecule has 8 heteroatoms. The molecule has 0 atom stereocenters. The Kier molecular flexibility index (Phi) is 3.33. The van der Waals surface area contributed by atoms with Gasteiger partial charge in [0.15, 0.2) is 11.5 Å². The van der Waals surface area contributed by atoms with Gasteiger partial charge in [0.2, 0.25) is 10.0 Å². The number of nitrogens with one attached hydrogen (secondary N) is 2. The Bertz CT molecular complexity index is 697. The third-order valence-electron chi connectivity index (χ3n) is 2.85. The molecule has 1 aromatic carbocycles. The maximum atomic E-state index is 12.2. The summed E-state index contributed by atoms with van der Waals surface area (Å²) in [6.45, 7) is 1.06. The van der Waals surface area contributed by atoms with Crippen LogP contribution in [0.3, 0.4) is 0 Å². The first-order valence-electron chi connectivity index (χ1n) is 6.02. The summed E-state index contributed by atoms with van der Waals surface area (Å²) >= 11 is 0. The number of hydrogen-bond acceptors (Lipinski definition) is 5. The Morgan fingerprint density at radius 3 is 2.80 bits per heavy atom. The molecule has 1 aliphatic heterocycles. The summed E-state index contributed by atoms with van der Waals surface area (Å²) in [5.41, 5.74) is 0.756. The van der Waals surface area contributed by atoms with Crippen LogP contribution in [0.2, 0.25) is 0 Å². The van der Waals surface area contributed by atoms with E-state index in [0.717, 1.165) is 5.56 Å². The van der Waals surface area contributed by atoms with Gasteiger partial charge in [0, 0.05) is 24.4 Å². The Balaban J connectivity index is 1.80. The maximum Gasteiger partial charge on any atom is 0.241 e. The summed E-state index contributed by atoms with van der Waals surface area (Å²) in [6, 6.07) is 4.55. The molecule has 1 aliphatic rings.